The van der Waals surface area contributed by atoms with E-state index in [1.807, 2.05) is 0 Å². The molecule has 0 atom stereocenters. The van der Waals surface area contributed by atoms with Crippen LogP contribution in [0.1, 0.15) is 10.4 Å². The minimum atomic E-state index is -0.229. The van der Waals surface area contributed by atoms with Gasteiger partial charge in [-0.2, -0.15) is 5.10 Å². The summed E-state index contributed by atoms with van der Waals surface area (Å²) in [5.41, 5.74) is 1.10. The molecule has 0 bridgehead atoms. The zero-order chi connectivity index (χ0) is 16.2. The topological polar surface area (TPSA) is 69.0 Å². The van der Waals surface area contributed by atoms with Crippen molar-refractivity contribution in [1.29, 1.82) is 0 Å². The smallest absolute Gasteiger partial charge is 0.255 e. The summed E-state index contributed by atoms with van der Waals surface area (Å²) in [4.78, 5) is 16.7. The lowest BCUT2D eigenvalue weighted by Gasteiger charge is -2.10. The van der Waals surface area contributed by atoms with Gasteiger partial charge in [-0.25, -0.2) is 9.67 Å². The van der Waals surface area contributed by atoms with Gasteiger partial charge in [0.2, 0.25) is 0 Å². The molecule has 23 heavy (non-hydrogen) atoms. The van der Waals surface area contributed by atoms with Crippen molar-refractivity contribution in [3.63, 3.8) is 0 Å². The van der Waals surface area contributed by atoms with Crippen LogP contribution in [-0.2, 0) is 0 Å². The summed E-state index contributed by atoms with van der Waals surface area (Å²) in [6.07, 6.45) is 5.07. The minimum Gasteiger partial charge on any atom is -0.497 e. The number of amides is 1. The molecular formula is C16H13BrN4O2. The van der Waals surface area contributed by atoms with Gasteiger partial charge in [0.1, 0.15) is 5.75 Å². The number of aromatic nitrogens is 3. The van der Waals surface area contributed by atoms with Crippen LogP contribution in [0.15, 0.2) is 59.5 Å². The van der Waals surface area contributed by atoms with E-state index in [2.05, 4.69) is 31.3 Å². The first kappa shape index (κ1) is 15.2. The molecule has 0 aliphatic rings. The summed E-state index contributed by atoms with van der Waals surface area (Å²) >= 11 is 3.34. The first-order valence-corrected chi connectivity index (χ1v) is 7.57. The van der Waals surface area contributed by atoms with E-state index in [9.17, 15) is 4.79 Å². The van der Waals surface area contributed by atoms with Crippen LogP contribution in [0.25, 0.3) is 5.82 Å². The number of carbonyl (C=O) groups is 1. The van der Waals surface area contributed by atoms with Gasteiger partial charge < -0.3 is 10.1 Å². The van der Waals surface area contributed by atoms with E-state index >= 15 is 0 Å². The van der Waals surface area contributed by atoms with Crippen LogP contribution in [0.5, 0.6) is 5.75 Å². The maximum atomic E-state index is 12.4. The van der Waals surface area contributed by atoms with Crippen molar-refractivity contribution in [2.45, 2.75) is 0 Å². The highest BCUT2D eigenvalue weighted by Crippen LogP contribution is 2.20. The molecule has 0 aliphatic carbocycles. The Labute approximate surface area is 141 Å². The van der Waals surface area contributed by atoms with Crippen molar-refractivity contribution >= 4 is 27.5 Å². The third kappa shape index (κ3) is 3.40. The number of anilines is 1. The predicted molar refractivity (Wildman–Crippen MR) is 90.0 cm³/mol. The van der Waals surface area contributed by atoms with Crippen LogP contribution in [0.4, 0.5) is 5.69 Å². The van der Waals surface area contributed by atoms with E-state index in [1.54, 1.807) is 66.8 Å². The molecule has 6 nitrogen and oxygen atoms in total. The average Bonchev–Trinajstić information content (AvgIpc) is 3.01. The van der Waals surface area contributed by atoms with Gasteiger partial charge in [0.15, 0.2) is 5.82 Å². The molecule has 3 rings (SSSR count). The Morgan fingerprint density at radius 1 is 1.26 bits per heavy atom. The van der Waals surface area contributed by atoms with E-state index in [0.717, 1.165) is 4.47 Å². The number of hydrogen-bond acceptors (Lipinski definition) is 4. The molecule has 7 heteroatoms. The molecule has 0 spiro atoms. The van der Waals surface area contributed by atoms with Gasteiger partial charge in [0.05, 0.1) is 23.5 Å². The molecule has 0 fully saturated rings. The Morgan fingerprint density at radius 2 is 2.04 bits per heavy atom. The Hall–Kier alpha value is -2.67. The lowest BCUT2D eigenvalue weighted by molar-refractivity contribution is 0.102. The largest absolute Gasteiger partial charge is 0.497 e. The fourth-order valence-corrected chi connectivity index (χ4v) is 2.32. The summed E-state index contributed by atoms with van der Waals surface area (Å²) < 4.78 is 7.51. The molecule has 2 aromatic heterocycles. The number of pyridine rings is 1. The number of benzene rings is 1. The van der Waals surface area contributed by atoms with Gasteiger partial charge in [0, 0.05) is 18.0 Å². The first-order valence-electron chi connectivity index (χ1n) is 6.78. The number of nitrogens with zero attached hydrogens (tertiary/aromatic N) is 3. The van der Waals surface area contributed by atoms with Crippen molar-refractivity contribution in [2.24, 2.45) is 0 Å². The van der Waals surface area contributed by atoms with Crippen LogP contribution in [0.2, 0.25) is 0 Å². The van der Waals surface area contributed by atoms with Crippen molar-refractivity contribution in [2.75, 3.05) is 12.4 Å². The highest BCUT2D eigenvalue weighted by Gasteiger charge is 2.12. The maximum absolute atomic E-state index is 12.4. The molecule has 0 aliphatic heterocycles. The summed E-state index contributed by atoms with van der Waals surface area (Å²) in [5, 5.41) is 7.04. The lowest BCUT2D eigenvalue weighted by atomic mass is 10.2. The standard InChI is InChI=1S/C16H13BrN4O2/c1-23-13-6-4-11(5-7-13)16(22)20-14-3-2-8-18-15(14)21-10-12(17)9-19-21/h2-10H,1H3,(H,20,22). The predicted octanol–water partition coefficient (Wildman–Crippen LogP) is 3.29. The fourth-order valence-electron chi connectivity index (χ4n) is 2.03. The summed E-state index contributed by atoms with van der Waals surface area (Å²) in [6, 6.07) is 10.4. The van der Waals surface area contributed by atoms with Gasteiger partial charge in [0.25, 0.3) is 5.91 Å². The number of rotatable bonds is 4. The van der Waals surface area contributed by atoms with E-state index in [-0.39, 0.29) is 5.91 Å². The van der Waals surface area contributed by atoms with Gasteiger partial charge in [-0.1, -0.05) is 0 Å². The monoisotopic (exact) mass is 372 g/mol. The Kier molecular flexibility index (Phi) is 4.38. The molecular weight excluding hydrogens is 360 g/mol. The van der Waals surface area contributed by atoms with E-state index in [0.29, 0.717) is 22.8 Å². The van der Waals surface area contributed by atoms with E-state index < -0.39 is 0 Å². The van der Waals surface area contributed by atoms with E-state index in [1.165, 1.54) is 0 Å². The SMILES string of the molecule is COc1ccc(C(=O)Nc2cccnc2-n2cc(Br)cn2)cc1. The minimum absolute atomic E-state index is 0.229. The van der Waals surface area contributed by atoms with Crippen molar-refractivity contribution in [1.82, 2.24) is 14.8 Å². The quantitative estimate of drug-likeness (QED) is 0.762. The maximum Gasteiger partial charge on any atom is 0.255 e. The highest BCUT2D eigenvalue weighted by atomic mass is 79.9. The van der Waals surface area contributed by atoms with Gasteiger partial charge >= 0.3 is 0 Å². The lowest BCUT2D eigenvalue weighted by Crippen LogP contribution is -2.14. The zero-order valence-corrected chi connectivity index (χ0v) is 13.8. The van der Waals surface area contributed by atoms with Crippen LogP contribution >= 0.6 is 15.9 Å². The average molecular weight is 373 g/mol. The van der Waals surface area contributed by atoms with Gasteiger partial charge in [-0.05, 0) is 52.3 Å². The molecule has 1 aromatic carbocycles. The third-order valence-corrected chi connectivity index (χ3v) is 3.56. The molecule has 0 saturated carbocycles. The number of methoxy groups -OCH3 is 1. The number of nitrogens with one attached hydrogen (secondary N) is 1. The highest BCUT2D eigenvalue weighted by molar-refractivity contribution is 9.10. The second-order valence-electron chi connectivity index (χ2n) is 4.66. The Balaban J connectivity index is 1.86. The Bertz CT molecular complexity index is 830. The van der Waals surface area contributed by atoms with Crippen LogP contribution in [-0.4, -0.2) is 27.8 Å². The normalized spacial score (nSPS) is 10.3. The number of carbonyl (C=O) groups excluding carboxylic acids is 1. The van der Waals surface area contributed by atoms with Crippen molar-refractivity contribution < 1.29 is 9.53 Å². The molecule has 1 amide bonds. The zero-order valence-electron chi connectivity index (χ0n) is 12.2. The summed E-state index contributed by atoms with van der Waals surface area (Å²) in [6.45, 7) is 0. The van der Waals surface area contributed by atoms with Gasteiger partial charge in [-0.3, -0.25) is 4.79 Å². The number of halogens is 1. The second-order valence-corrected chi connectivity index (χ2v) is 5.58. The summed E-state index contributed by atoms with van der Waals surface area (Å²) in [5.74, 6) is 1.01. The molecule has 0 unspecified atom stereocenters. The third-order valence-electron chi connectivity index (χ3n) is 3.16. The van der Waals surface area contributed by atoms with Crippen molar-refractivity contribution in [3.8, 4) is 11.6 Å². The van der Waals surface area contributed by atoms with Crippen molar-refractivity contribution in [3.05, 3.63) is 65.0 Å². The first-order chi connectivity index (χ1) is 11.2. The molecule has 0 radical (unpaired) electrons. The number of ether oxygens (including phenoxy) is 1. The second kappa shape index (κ2) is 6.62. The molecule has 3 aromatic rings. The molecule has 1 N–H and O–H groups in total. The fraction of sp³-hybridized carbons (Fsp3) is 0.0625. The molecule has 116 valence electrons. The van der Waals surface area contributed by atoms with Crippen LogP contribution in [0, 0.1) is 0 Å². The Morgan fingerprint density at radius 3 is 2.70 bits per heavy atom. The number of hydrogen-bond donors (Lipinski definition) is 1. The van der Waals surface area contributed by atoms with Crippen LogP contribution < -0.4 is 10.1 Å². The van der Waals surface area contributed by atoms with E-state index in [4.69, 9.17) is 4.74 Å². The van der Waals surface area contributed by atoms with Gasteiger partial charge in [-0.15, -0.1) is 0 Å². The summed E-state index contributed by atoms with van der Waals surface area (Å²) in [7, 11) is 1.58. The van der Waals surface area contributed by atoms with Crippen LogP contribution in [0.3, 0.4) is 0 Å². The molecule has 0 saturated heterocycles. The molecule has 2 heterocycles.